The Bertz CT molecular complexity index is 1010. The molecule has 3 aromatic rings. The summed E-state index contributed by atoms with van der Waals surface area (Å²) in [6.07, 6.45) is 0.508. The fourth-order valence-corrected chi connectivity index (χ4v) is 2.82. The van der Waals surface area contributed by atoms with Gasteiger partial charge in [-0.1, -0.05) is 30.7 Å². The number of amides is 1. The molecule has 0 saturated heterocycles. The number of nitrogens with zero attached hydrogens (tertiary/aromatic N) is 5. The van der Waals surface area contributed by atoms with Gasteiger partial charge in [0.25, 0.3) is 0 Å². The lowest BCUT2D eigenvalue weighted by molar-refractivity contribution is -0.125. The molecule has 0 bridgehead atoms. The average molecular weight is 411 g/mol. The molecule has 148 valence electrons. The standard InChI is InChI=1S/C20H19ClN6O2/c1-2-18(27-25-19(24-26-27)15-6-8-16(21)9-7-15)20(28)23-13-14-4-3-5-17(12-14)29-11-10-22/h3-9,12,18H,2,11,13H2,1H3,(H,23,28). The number of halogens is 1. The normalized spacial score (nSPS) is 11.5. The molecule has 2 aromatic carbocycles. The summed E-state index contributed by atoms with van der Waals surface area (Å²) < 4.78 is 5.28. The molecule has 0 aliphatic rings. The molecule has 3 rings (SSSR count). The van der Waals surface area contributed by atoms with E-state index in [0.29, 0.717) is 29.6 Å². The highest BCUT2D eigenvalue weighted by Crippen LogP contribution is 2.19. The van der Waals surface area contributed by atoms with Crippen molar-refractivity contribution in [2.24, 2.45) is 0 Å². The number of hydrogen-bond acceptors (Lipinski definition) is 6. The van der Waals surface area contributed by atoms with Crippen molar-refractivity contribution in [1.29, 1.82) is 5.26 Å². The molecular formula is C20H19ClN6O2. The first-order valence-electron chi connectivity index (χ1n) is 9.02. The van der Waals surface area contributed by atoms with E-state index in [1.165, 1.54) is 4.80 Å². The molecule has 29 heavy (non-hydrogen) atoms. The van der Waals surface area contributed by atoms with Crippen LogP contribution in [0.5, 0.6) is 5.75 Å². The Balaban J connectivity index is 1.65. The molecule has 1 amide bonds. The van der Waals surface area contributed by atoms with Crippen molar-refractivity contribution >= 4 is 17.5 Å². The molecule has 0 aliphatic carbocycles. The van der Waals surface area contributed by atoms with Gasteiger partial charge < -0.3 is 10.1 Å². The summed E-state index contributed by atoms with van der Waals surface area (Å²) in [4.78, 5) is 14.0. The lowest BCUT2D eigenvalue weighted by atomic mass is 10.2. The van der Waals surface area contributed by atoms with Crippen LogP contribution in [0.1, 0.15) is 24.9 Å². The third kappa shape index (κ3) is 5.30. The predicted molar refractivity (Wildman–Crippen MR) is 107 cm³/mol. The molecule has 0 aliphatic heterocycles. The fraction of sp³-hybridized carbons (Fsp3) is 0.250. The summed E-state index contributed by atoms with van der Waals surface area (Å²) in [5.41, 5.74) is 1.63. The van der Waals surface area contributed by atoms with E-state index in [4.69, 9.17) is 21.6 Å². The van der Waals surface area contributed by atoms with Gasteiger partial charge in [-0.3, -0.25) is 4.79 Å². The number of nitrogens with one attached hydrogen (secondary N) is 1. The second-order valence-corrected chi connectivity index (χ2v) is 6.61. The van der Waals surface area contributed by atoms with Crippen LogP contribution in [0.2, 0.25) is 5.02 Å². The van der Waals surface area contributed by atoms with Crippen molar-refractivity contribution in [2.45, 2.75) is 25.9 Å². The van der Waals surface area contributed by atoms with Crippen LogP contribution in [-0.4, -0.2) is 32.7 Å². The third-order valence-corrected chi connectivity index (χ3v) is 4.42. The molecule has 1 atom stereocenters. The summed E-state index contributed by atoms with van der Waals surface area (Å²) in [5.74, 6) is 0.794. The van der Waals surface area contributed by atoms with Crippen molar-refractivity contribution in [2.75, 3.05) is 6.61 Å². The maximum Gasteiger partial charge on any atom is 0.247 e. The highest BCUT2D eigenvalue weighted by atomic mass is 35.5. The minimum absolute atomic E-state index is 0.0261. The fourth-order valence-electron chi connectivity index (χ4n) is 2.69. The number of ether oxygens (including phenoxy) is 1. The van der Waals surface area contributed by atoms with Gasteiger partial charge in [0, 0.05) is 17.1 Å². The minimum atomic E-state index is -0.582. The van der Waals surface area contributed by atoms with Crippen LogP contribution in [0.15, 0.2) is 48.5 Å². The number of carbonyl (C=O) groups excluding carboxylic acids is 1. The molecule has 9 heteroatoms. The molecule has 0 saturated carbocycles. The maximum atomic E-state index is 12.7. The van der Waals surface area contributed by atoms with Crippen molar-refractivity contribution < 1.29 is 9.53 Å². The third-order valence-electron chi connectivity index (χ3n) is 4.17. The molecule has 0 radical (unpaired) electrons. The quantitative estimate of drug-likeness (QED) is 0.611. The number of hydrogen-bond donors (Lipinski definition) is 1. The van der Waals surface area contributed by atoms with E-state index < -0.39 is 6.04 Å². The van der Waals surface area contributed by atoms with Crippen molar-refractivity contribution in [3.63, 3.8) is 0 Å². The summed E-state index contributed by atoms with van der Waals surface area (Å²) in [7, 11) is 0. The molecular weight excluding hydrogens is 392 g/mol. The Kier molecular flexibility index (Phi) is 6.76. The second kappa shape index (κ2) is 9.66. The van der Waals surface area contributed by atoms with Gasteiger partial charge in [-0.05, 0) is 53.6 Å². The van der Waals surface area contributed by atoms with Crippen LogP contribution in [0.4, 0.5) is 0 Å². The lowest BCUT2D eigenvalue weighted by Crippen LogP contribution is -2.33. The Morgan fingerprint density at radius 1 is 1.31 bits per heavy atom. The van der Waals surface area contributed by atoms with Gasteiger partial charge in [-0.25, -0.2) is 0 Å². The zero-order valence-corrected chi connectivity index (χ0v) is 16.5. The zero-order valence-electron chi connectivity index (χ0n) is 15.7. The van der Waals surface area contributed by atoms with Gasteiger partial charge in [0.05, 0.1) is 0 Å². The van der Waals surface area contributed by atoms with Crippen LogP contribution in [0.3, 0.4) is 0 Å². The molecule has 1 N–H and O–H groups in total. The number of carbonyl (C=O) groups is 1. The van der Waals surface area contributed by atoms with Gasteiger partial charge in [-0.15, -0.1) is 10.2 Å². The van der Waals surface area contributed by atoms with Gasteiger partial charge in [0.2, 0.25) is 11.7 Å². The highest BCUT2D eigenvalue weighted by molar-refractivity contribution is 6.30. The Labute approximate surface area is 173 Å². The van der Waals surface area contributed by atoms with Crippen LogP contribution in [-0.2, 0) is 11.3 Å². The van der Waals surface area contributed by atoms with Crippen LogP contribution >= 0.6 is 11.6 Å². The number of rotatable bonds is 8. The number of tetrazole rings is 1. The van der Waals surface area contributed by atoms with E-state index in [0.717, 1.165) is 11.1 Å². The lowest BCUT2D eigenvalue weighted by Gasteiger charge is -2.14. The van der Waals surface area contributed by atoms with Crippen molar-refractivity contribution in [3.8, 4) is 23.2 Å². The van der Waals surface area contributed by atoms with E-state index in [-0.39, 0.29) is 12.5 Å². The van der Waals surface area contributed by atoms with E-state index in [1.54, 1.807) is 36.4 Å². The Morgan fingerprint density at radius 3 is 2.83 bits per heavy atom. The second-order valence-electron chi connectivity index (χ2n) is 6.18. The number of benzene rings is 2. The van der Waals surface area contributed by atoms with Crippen LogP contribution in [0.25, 0.3) is 11.4 Å². The van der Waals surface area contributed by atoms with Crippen molar-refractivity contribution in [3.05, 3.63) is 59.1 Å². The summed E-state index contributed by atoms with van der Waals surface area (Å²) in [6.45, 7) is 2.17. The Hall–Kier alpha value is -3.44. The van der Waals surface area contributed by atoms with Crippen LogP contribution < -0.4 is 10.1 Å². The van der Waals surface area contributed by atoms with E-state index in [1.807, 2.05) is 25.1 Å². The van der Waals surface area contributed by atoms with Gasteiger partial charge in [0.1, 0.15) is 11.8 Å². The van der Waals surface area contributed by atoms with Crippen LogP contribution in [0, 0.1) is 11.3 Å². The van der Waals surface area contributed by atoms with Crippen molar-refractivity contribution in [1.82, 2.24) is 25.5 Å². The summed E-state index contributed by atoms with van der Waals surface area (Å²) in [5, 5.41) is 24.5. The predicted octanol–water partition coefficient (Wildman–Crippen LogP) is 3.16. The first-order valence-corrected chi connectivity index (χ1v) is 9.40. The maximum absolute atomic E-state index is 12.7. The monoisotopic (exact) mass is 410 g/mol. The molecule has 8 nitrogen and oxygen atoms in total. The number of aromatic nitrogens is 4. The molecule has 0 spiro atoms. The minimum Gasteiger partial charge on any atom is -0.479 e. The summed E-state index contributed by atoms with van der Waals surface area (Å²) >= 11 is 5.90. The Morgan fingerprint density at radius 2 is 2.10 bits per heavy atom. The van der Waals surface area contributed by atoms with Gasteiger partial charge >= 0.3 is 0 Å². The number of nitriles is 1. The van der Waals surface area contributed by atoms with Gasteiger partial charge in [0.15, 0.2) is 12.6 Å². The van der Waals surface area contributed by atoms with E-state index in [9.17, 15) is 4.79 Å². The average Bonchev–Trinajstić information content (AvgIpc) is 3.22. The highest BCUT2D eigenvalue weighted by Gasteiger charge is 2.21. The smallest absolute Gasteiger partial charge is 0.247 e. The molecule has 1 heterocycles. The molecule has 0 fully saturated rings. The first-order chi connectivity index (χ1) is 14.1. The van der Waals surface area contributed by atoms with E-state index >= 15 is 0 Å². The topological polar surface area (TPSA) is 106 Å². The molecule has 1 unspecified atom stereocenters. The first kappa shape index (κ1) is 20.3. The zero-order chi connectivity index (χ0) is 20.6. The largest absolute Gasteiger partial charge is 0.479 e. The molecule has 1 aromatic heterocycles. The SMILES string of the molecule is CCC(C(=O)NCc1cccc(OCC#N)c1)n1nnc(-c2ccc(Cl)cc2)n1. The van der Waals surface area contributed by atoms with Gasteiger partial charge in [-0.2, -0.15) is 10.1 Å². The summed E-state index contributed by atoms with van der Waals surface area (Å²) in [6, 6.07) is 15.6. The van der Waals surface area contributed by atoms with E-state index in [2.05, 4.69) is 20.7 Å².